The number of hydrogen-bond donors (Lipinski definition) is 2. The lowest BCUT2D eigenvalue weighted by Gasteiger charge is -2.11. The van der Waals surface area contributed by atoms with Crippen LogP contribution in [0.2, 0.25) is 0 Å². The Morgan fingerprint density at radius 3 is 2.71 bits per heavy atom. The smallest absolute Gasteiger partial charge is 0.271 e. The summed E-state index contributed by atoms with van der Waals surface area (Å²) >= 11 is 1.54. The molecule has 0 radical (unpaired) electrons. The highest BCUT2D eigenvalue weighted by Gasteiger charge is 2.11. The Hall–Kier alpha value is -3.26. The average molecular weight is 435 g/mol. The van der Waals surface area contributed by atoms with Gasteiger partial charge in [0.15, 0.2) is 0 Å². The average Bonchev–Trinajstić information content (AvgIpc) is 3.42. The number of thiazole rings is 1. The molecule has 0 saturated heterocycles. The largest absolute Gasteiger partial charge is 0.363 e. The Bertz CT molecular complexity index is 1120. The van der Waals surface area contributed by atoms with E-state index < -0.39 is 0 Å². The Morgan fingerprint density at radius 1 is 1.10 bits per heavy atom. The third kappa shape index (κ3) is 5.46. The van der Waals surface area contributed by atoms with Crippen molar-refractivity contribution in [3.05, 3.63) is 70.1 Å². The first-order valence-corrected chi connectivity index (χ1v) is 11.2. The van der Waals surface area contributed by atoms with Gasteiger partial charge in [0, 0.05) is 38.6 Å². The highest BCUT2D eigenvalue weighted by atomic mass is 32.1. The Morgan fingerprint density at radius 2 is 1.94 bits per heavy atom. The number of anilines is 1. The monoisotopic (exact) mass is 434 g/mol. The molecule has 0 aliphatic carbocycles. The number of H-pyrrole nitrogens is 1. The van der Waals surface area contributed by atoms with E-state index in [2.05, 4.69) is 25.3 Å². The number of carbonyl (C=O) groups is 1. The molecule has 31 heavy (non-hydrogen) atoms. The second-order valence-corrected chi connectivity index (χ2v) is 8.58. The Balaban J connectivity index is 1.21. The van der Waals surface area contributed by atoms with Crippen LogP contribution >= 0.6 is 11.3 Å². The van der Waals surface area contributed by atoms with E-state index in [1.165, 1.54) is 0 Å². The number of aromatic amines is 1. The summed E-state index contributed by atoms with van der Waals surface area (Å²) in [6, 6.07) is 12.0. The number of imidazole rings is 1. The van der Waals surface area contributed by atoms with E-state index >= 15 is 0 Å². The minimum atomic E-state index is -0.151. The number of amides is 1. The highest BCUT2D eigenvalue weighted by Crippen LogP contribution is 2.16. The number of benzene rings is 1. The van der Waals surface area contributed by atoms with Crippen LogP contribution < -0.4 is 10.2 Å². The number of para-hydroxylation sites is 2. The SMILES string of the molecule is CN(C)c1ccc(CNC(=O)c2csc(CCCCc3nc4ccccc4[nH]3)n2)cn1. The minimum Gasteiger partial charge on any atom is -0.363 e. The highest BCUT2D eigenvalue weighted by molar-refractivity contribution is 7.09. The van der Waals surface area contributed by atoms with Crippen molar-refractivity contribution in [2.24, 2.45) is 0 Å². The molecule has 4 aromatic rings. The van der Waals surface area contributed by atoms with Crippen LogP contribution in [0.3, 0.4) is 0 Å². The van der Waals surface area contributed by atoms with Gasteiger partial charge in [0.25, 0.3) is 5.91 Å². The molecule has 0 aliphatic rings. The fourth-order valence-corrected chi connectivity index (χ4v) is 4.10. The van der Waals surface area contributed by atoms with E-state index in [1.54, 1.807) is 17.5 Å². The van der Waals surface area contributed by atoms with Crippen molar-refractivity contribution >= 4 is 34.1 Å². The zero-order chi connectivity index (χ0) is 21.6. The second-order valence-electron chi connectivity index (χ2n) is 7.64. The van der Waals surface area contributed by atoms with Crippen LogP contribution in [-0.2, 0) is 19.4 Å². The van der Waals surface area contributed by atoms with Crippen molar-refractivity contribution in [3.8, 4) is 0 Å². The topological polar surface area (TPSA) is 86.8 Å². The fourth-order valence-electron chi connectivity index (χ4n) is 3.28. The zero-order valence-corrected chi connectivity index (χ0v) is 18.6. The fraction of sp³-hybridized carbons (Fsp3) is 0.304. The number of aryl methyl sites for hydroxylation is 2. The lowest BCUT2D eigenvalue weighted by Crippen LogP contribution is -2.23. The molecule has 8 heteroatoms. The Kier molecular flexibility index (Phi) is 6.57. The number of fused-ring (bicyclic) bond motifs is 1. The van der Waals surface area contributed by atoms with Gasteiger partial charge < -0.3 is 15.2 Å². The number of unbranched alkanes of at least 4 members (excludes halogenated alkanes) is 1. The van der Waals surface area contributed by atoms with Gasteiger partial charge in [0.1, 0.15) is 17.3 Å². The van der Waals surface area contributed by atoms with Gasteiger partial charge in [-0.15, -0.1) is 11.3 Å². The van der Waals surface area contributed by atoms with Gasteiger partial charge in [0.05, 0.1) is 16.0 Å². The lowest BCUT2D eigenvalue weighted by atomic mass is 10.2. The zero-order valence-electron chi connectivity index (χ0n) is 17.8. The van der Waals surface area contributed by atoms with Crippen LogP contribution in [0.5, 0.6) is 0 Å². The third-order valence-corrected chi connectivity index (χ3v) is 5.91. The molecule has 0 saturated carbocycles. The summed E-state index contributed by atoms with van der Waals surface area (Å²) in [5.74, 6) is 1.76. The van der Waals surface area contributed by atoms with Gasteiger partial charge in [-0.1, -0.05) is 18.2 Å². The molecule has 0 fully saturated rings. The van der Waals surface area contributed by atoms with E-state index in [1.807, 2.05) is 60.8 Å². The van der Waals surface area contributed by atoms with Gasteiger partial charge in [-0.2, -0.15) is 0 Å². The number of pyridine rings is 1. The van der Waals surface area contributed by atoms with Crippen LogP contribution in [0, 0.1) is 0 Å². The quantitative estimate of drug-likeness (QED) is 0.389. The van der Waals surface area contributed by atoms with Gasteiger partial charge in [-0.25, -0.2) is 15.0 Å². The molecule has 1 aromatic carbocycles. The summed E-state index contributed by atoms with van der Waals surface area (Å²) < 4.78 is 0. The lowest BCUT2D eigenvalue weighted by molar-refractivity contribution is 0.0946. The van der Waals surface area contributed by atoms with Crippen LogP contribution in [0.1, 0.15) is 39.7 Å². The molecule has 0 aliphatic heterocycles. The van der Waals surface area contributed by atoms with Crippen molar-refractivity contribution in [3.63, 3.8) is 0 Å². The van der Waals surface area contributed by atoms with Gasteiger partial charge >= 0.3 is 0 Å². The van der Waals surface area contributed by atoms with E-state index in [0.29, 0.717) is 12.2 Å². The van der Waals surface area contributed by atoms with Crippen LogP contribution in [0.15, 0.2) is 48.0 Å². The summed E-state index contributed by atoms with van der Waals surface area (Å²) in [4.78, 5) is 31.2. The molecule has 3 heterocycles. The van der Waals surface area contributed by atoms with Crippen LogP contribution in [-0.4, -0.2) is 39.9 Å². The maximum atomic E-state index is 12.4. The van der Waals surface area contributed by atoms with E-state index in [0.717, 1.165) is 58.9 Å². The molecule has 0 unspecified atom stereocenters. The molecule has 0 atom stereocenters. The Labute approximate surface area is 185 Å². The number of nitrogens with one attached hydrogen (secondary N) is 2. The number of carbonyl (C=O) groups excluding carboxylic acids is 1. The summed E-state index contributed by atoms with van der Waals surface area (Å²) in [6.45, 7) is 0.434. The standard InChI is InChI=1S/C23H26N6OS/c1-29(2)21-12-11-16(13-24-21)14-25-23(30)19-15-31-22(28-19)10-6-5-9-20-26-17-7-3-4-8-18(17)27-20/h3-4,7-8,11-13,15H,5-6,9-10,14H2,1-2H3,(H,25,30)(H,26,27). The van der Waals surface area contributed by atoms with Crippen LogP contribution in [0.4, 0.5) is 5.82 Å². The molecule has 1 amide bonds. The third-order valence-electron chi connectivity index (χ3n) is 5.00. The predicted octanol–water partition coefficient (Wildman–Crippen LogP) is 3.98. The first kappa shape index (κ1) is 21.0. The normalized spacial score (nSPS) is 11.0. The number of hydrogen-bond acceptors (Lipinski definition) is 6. The van der Waals surface area contributed by atoms with Crippen molar-refractivity contribution in [2.45, 2.75) is 32.2 Å². The minimum absolute atomic E-state index is 0.151. The van der Waals surface area contributed by atoms with Gasteiger partial charge in [-0.3, -0.25) is 4.79 Å². The second kappa shape index (κ2) is 9.70. The van der Waals surface area contributed by atoms with E-state index in [4.69, 9.17) is 0 Å². The molecule has 0 spiro atoms. The summed E-state index contributed by atoms with van der Waals surface area (Å²) in [5, 5.41) is 5.74. The van der Waals surface area contributed by atoms with Crippen molar-refractivity contribution in [1.82, 2.24) is 25.3 Å². The molecular formula is C23H26N6OS. The summed E-state index contributed by atoms with van der Waals surface area (Å²) in [6.07, 6.45) is 5.60. The van der Waals surface area contributed by atoms with Crippen molar-refractivity contribution in [2.75, 3.05) is 19.0 Å². The summed E-state index contributed by atoms with van der Waals surface area (Å²) in [5.41, 5.74) is 3.53. The molecule has 7 nitrogen and oxygen atoms in total. The maximum Gasteiger partial charge on any atom is 0.271 e. The van der Waals surface area contributed by atoms with Gasteiger partial charge in [-0.05, 0) is 43.0 Å². The number of nitrogens with zero attached hydrogens (tertiary/aromatic N) is 4. The first-order valence-electron chi connectivity index (χ1n) is 10.4. The molecule has 4 rings (SSSR count). The van der Waals surface area contributed by atoms with Crippen molar-refractivity contribution in [1.29, 1.82) is 0 Å². The van der Waals surface area contributed by atoms with Crippen LogP contribution in [0.25, 0.3) is 11.0 Å². The number of aromatic nitrogens is 4. The number of rotatable bonds is 9. The predicted molar refractivity (Wildman–Crippen MR) is 125 cm³/mol. The molecule has 2 N–H and O–H groups in total. The maximum absolute atomic E-state index is 12.4. The summed E-state index contributed by atoms with van der Waals surface area (Å²) in [7, 11) is 3.89. The molecular weight excluding hydrogens is 408 g/mol. The molecule has 0 bridgehead atoms. The van der Waals surface area contributed by atoms with E-state index in [9.17, 15) is 4.79 Å². The van der Waals surface area contributed by atoms with Gasteiger partial charge in [0.2, 0.25) is 0 Å². The molecule has 160 valence electrons. The van der Waals surface area contributed by atoms with E-state index in [-0.39, 0.29) is 5.91 Å². The van der Waals surface area contributed by atoms with Crippen molar-refractivity contribution < 1.29 is 4.79 Å². The molecule has 3 aromatic heterocycles. The first-order chi connectivity index (χ1) is 15.1.